The second kappa shape index (κ2) is 7.62. The predicted octanol–water partition coefficient (Wildman–Crippen LogP) is 3.36. The van der Waals surface area contributed by atoms with Crippen molar-refractivity contribution in [3.63, 3.8) is 0 Å². The third kappa shape index (κ3) is 3.85. The fourth-order valence-electron chi connectivity index (χ4n) is 3.12. The van der Waals surface area contributed by atoms with Crippen LogP contribution >= 0.6 is 11.3 Å². The van der Waals surface area contributed by atoms with Crippen molar-refractivity contribution < 1.29 is 9.59 Å². The summed E-state index contributed by atoms with van der Waals surface area (Å²) in [5, 5.41) is 2.79. The van der Waals surface area contributed by atoms with Crippen molar-refractivity contribution in [2.24, 2.45) is 5.73 Å². The number of rotatable bonds is 4. The Hall–Kier alpha value is -2.14. The van der Waals surface area contributed by atoms with E-state index in [1.165, 1.54) is 36.1 Å². The Balaban J connectivity index is 1.78. The lowest BCUT2D eigenvalue weighted by Crippen LogP contribution is -2.37. The number of fused-ring (bicyclic) bond motifs is 1. The molecule has 2 amide bonds. The largest absolute Gasteiger partial charge is 0.368 e. The first-order chi connectivity index (χ1) is 11.6. The number of carbonyl (C=O) groups excluding carboxylic acids is 2. The van der Waals surface area contributed by atoms with Crippen LogP contribution in [0.5, 0.6) is 0 Å². The lowest BCUT2D eigenvalue weighted by molar-refractivity contribution is -0.120. The third-order valence-corrected chi connectivity index (χ3v) is 5.65. The summed E-state index contributed by atoms with van der Waals surface area (Å²) in [5.74, 6) is -0.774. The third-order valence-electron chi connectivity index (χ3n) is 4.41. The zero-order valence-corrected chi connectivity index (χ0v) is 14.4. The second-order valence-electron chi connectivity index (χ2n) is 6.19. The van der Waals surface area contributed by atoms with E-state index in [4.69, 9.17) is 5.73 Å². The summed E-state index contributed by atoms with van der Waals surface area (Å²) >= 11 is 1.55. The Morgan fingerprint density at radius 2 is 1.75 bits per heavy atom. The quantitative estimate of drug-likeness (QED) is 0.894. The highest BCUT2D eigenvalue weighted by Gasteiger charge is 2.23. The molecule has 0 bridgehead atoms. The summed E-state index contributed by atoms with van der Waals surface area (Å²) in [6.45, 7) is 0. The van der Waals surface area contributed by atoms with Gasteiger partial charge in [-0.25, -0.2) is 0 Å². The Labute approximate surface area is 146 Å². The summed E-state index contributed by atoms with van der Waals surface area (Å²) < 4.78 is 0. The van der Waals surface area contributed by atoms with Crippen LogP contribution in [0.3, 0.4) is 0 Å². The first-order valence-corrected chi connectivity index (χ1v) is 9.23. The number of carbonyl (C=O) groups is 2. The molecule has 0 aliphatic heterocycles. The molecule has 3 N–H and O–H groups in total. The van der Waals surface area contributed by atoms with Crippen molar-refractivity contribution >= 4 is 23.2 Å². The summed E-state index contributed by atoms with van der Waals surface area (Å²) in [6, 6.07) is 10.3. The number of nitrogens with two attached hydrogens (primary N) is 1. The number of hydrogen-bond donors (Lipinski definition) is 2. The maximum atomic E-state index is 12.6. The molecule has 1 aromatic heterocycles. The summed E-state index contributed by atoms with van der Waals surface area (Å²) in [4.78, 5) is 26.4. The molecule has 0 spiro atoms. The summed E-state index contributed by atoms with van der Waals surface area (Å²) in [6.07, 6.45) is 6.97. The summed E-state index contributed by atoms with van der Waals surface area (Å²) in [7, 11) is 0. The molecule has 1 atom stereocenters. The minimum Gasteiger partial charge on any atom is -0.368 e. The van der Waals surface area contributed by atoms with E-state index < -0.39 is 11.9 Å². The fourth-order valence-corrected chi connectivity index (χ4v) is 4.28. The maximum absolute atomic E-state index is 12.6. The normalized spacial score (nSPS) is 15.7. The average Bonchev–Trinajstić information content (AvgIpc) is 2.95. The molecule has 1 aliphatic carbocycles. The van der Waals surface area contributed by atoms with Gasteiger partial charge < -0.3 is 11.1 Å². The van der Waals surface area contributed by atoms with Crippen LogP contribution in [0.2, 0.25) is 0 Å². The average molecular weight is 342 g/mol. The summed E-state index contributed by atoms with van der Waals surface area (Å²) in [5.41, 5.74) is 7.48. The molecule has 1 aromatic carbocycles. The van der Waals surface area contributed by atoms with Crippen LogP contribution < -0.4 is 11.1 Å². The van der Waals surface area contributed by atoms with E-state index in [0.29, 0.717) is 10.4 Å². The van der Waals surface area contributed by atoms with Crippen molar-refractivity contribution in [2.45, 2.75) is 44.6 Å². The highest BCUT2D eigenvalue weighted by molar-refractivity contribution is 7.14. The van der Waals surface area contributed by atoms with Gasteiger partial charge in [-0.3, -0.25) is 9.59 Å². The number of nitrogens with one attached hydrogen (secondary N) is 1. The highest BCUT2D eigenvalue weighted by Crippen LogP contribution is 2.29. The topological polar surface area (TPSA) is 72.2 Å². The molecule has 5 heteroatoms. The fraction of sp³-hybridized carbons (Fsp3) is 0.368. The van der Waals surface area contributed by atoms with Crippen LogP contribution in [0.15, 0.2) is 36.4 Å². The monoisotopic (exact) mass is 342 g/mol. The molecule has 0 fully saturated rings. The van der Waals surface area contributed by atoms with Crippen LogP contribution in [-0.2, 0) is 17.6 Å². The van der Waals surface area contributed by atoms with Gasteiger partial charge in [0.05, 0.1) is 4.88 Å². The van der Waals surface area contributed by atoms with Gasteiger partial charge in [-0.15, -0.1) is 11.3 Å². The first kappa shape index (κ1) is 16.7. The molecule has 126 valence electrons. The van der Waals surface area contributed by atoms with Crippen LogP contribution in [0.4, 0.5) is 0 Å². The molecule has 2 aromatic rings. The molecular formula is C19H22N2O2S. The standard InChI is InChI=1S/C19H22N2O2S/c20-18(22)17(13-8-5-3-6-9-13)21-19(23)16-12-14-10-4-1-2-7-11-15(14)24-16/h3,5-6,8-9,12,17H,1-2,4,7,10-11H2,(H2,20,22)(H,21,23). The molecule has 24 heavy (non-hydrogen) atoms. The molecule has 4 nitrogen and oxygen atoms in total. The molecule has 3 rings (SSSR count). The van der Waals surface area contributed by atoms with Crippen LogP contribution in [-0.4, -0.2) is 11.8 Å². The van der Waals surface area contributed by atoms with E-state index in [0.717, 1.165) is 12.8 Å². The molecule has 1 unspecified atom stereocenters. The Bertz CT molecular complexity index is 699. The molecule has 0 saturated heterocycles. The first-order valence-electron chi connectivity index (χ1n) is 8.42. The predicted molar refractivity (Wildman–Crippen MR) is 96.0 cm³/mol. The van der Waals surface area contributed by atoms with E-state index in [1.54, 1.807) is 23.5 Å². The molecule has 1 aliphatic rings. The van der Waals surface area contributed by atoms with Gasteiger partial charge in [-0.05, 0) is 42.9 Å². The molecular weight excluding hydrogens is 320 g/mol. The van der Waals surface area contributed by atoms with Gasteiger partial charge in [0.2, 0.25) is 5.91 Å². The van der Waals surface area contributed by atoms with Gasteiger partial charge in [0.25, 0.3) is 5.91 Å². The van der Waals surface area contributed by atoms with E-state index in [9.17, 15) is 9.59 Å². The lowest BCUT2D eigenvalue weighted by atomic mass is 9.99. The lowest BCUT2D eigenvalue weighted by Gasteiger charge is -2.15. The van der Waals surface area contributed by atoms with Crippen LogP contribution in [0.1, 0.15) is 57.4 Å². The molecule has 1 heterocycles. The van der Waals surface area contributed by atoms with Gasteiger partial charge in [0.1, 0.15) is 6.04 Å². The van der Waals surface area contributed by atoms with Crippen molar-refractivity contribution in [1.82, 2.24) is 5.32 Å². The SMILES string of the molecule is NC(=O)C(NC(=O)c1cc2c(s1)CCCCCC2)c1ccccc1. The van der Waals surface area contributed by atoms with E-state index in [2.05, 4.69) is 5.32 Å². The number of amides is 2. The van der Waals surface area contributed by atoms with Gasteiger partial charge in [0, 0.05) is 4.88 Å². The highest BCUT2D eigenvalue weighted by atomic mass is 32.1. The van der Waals surface area contributed by atoms with Crippen molar-refractivity contribution in [3.05, 3.63) is 57.3 Å². The Morgan fingerprint density at radius 3 is 2.46 bits per heavy atom. The van der Waals surface area contributed by atoms with Crippen LogP contribution in [0, 0.1) is 0 Å². The number of benzene rings is 1. The Morgan fingerprint density at radius 1 is 1.04 bits per heavy atom. The van der Waals surface area contributed by atoms with Gasteiger partial charge >= 0.3 is 0 Å². The maximum Gasteiger partial charge on any atom is 0.262 e. The van der Waals surface area contributed by atoms with Crippen LogP contribution in [0.25, 0.3) is 0 Å². The molecule has 0 radical (unpaired) electrons. The minimum absolute atomic E-state index is 0.223. The zero-order chi connectivity index (χ0) is 16.9. The minimum atomic E-state index is -0.802. The molecule has 0 saturated carbocycles. The number of primary amides is 1. The second-order valence-corrected chi connectivity index (χ2v) is 7.33. The smallest absolute Gasteiger partial charge is 0.262 e. The zero-order valence-electron chi connectivity index (χ0n) is 13.6. The van der Waals surface area contributed by atoms with E-state index in [-0.39, 0.29) is 5.91 Å². The van der Waals surface area contributed by atoms with E-state index in [1.807, 2.05) is 24.3 Å². The van der Waals surface area contributed by atoms with Gasteiger partial charge in [0.15, 0.2) is 0 Å². The Kier molecular flexibility index (Phi) is 5.30. The van der Waals surface area contributed by atoms with Gasteiger partial charge in [-0.1, -0.05) is 43.2 Å². The van der Waals surface area contributed by atoms with Crippen molar-refractivity contribution in [1.29, 1.82) is 0 Å². The van der Waals surface area contributed by atoms with Gasteiger partial charge in [-0.2, -0.15) is 0 Å². The number of hydrogen-bond acceptors (Lipinski definition) is 3. The van der Waals surface area contributed by atoms with Crippen molar-refractivity contribution in [2.75, 3.05) is 0 Å². The number of aryl methyl sites for hydroxylation is 2. The number of thiophene rings is 1. The van der Waals surface area contributed by atoms with Crippen molar-refractivity contribution in [3.8, 4) is 0 Å². The van der Waals surface area contributed by atoms with E-state index >= 15 is 0 Å².